The smallest absolute Gasteiger partial charge is 0.252 e. The second kappa shape index (κ2) is 6.80. The van der Waals surface area contributed by atoms with E-state index in [1.807, 2.05) is 0 Å². The molecule has 0 fully saturated rings. The molecule has 1 aromatic heterocycles. The van der Waals surface area contributed by atoms with Gasteiger partial charge in [0.2, 0.25) is 5.91 Å². The van der Waals surface area contributed by atoms with Crippen molar-refractivity contribution in [1.82, 2.24) is 10.3 Å². The summed E-state index contributed by atoms with van der Waals surface area (Å²) in [6, 6.07) is 1.56. The Morgan fingerprint density at radius 1 is 1.50 bits per heavy atom. The highest BCUT2D eigenvalue weighted by molar-refractivity contribution is 6.33. The molecule has 1 rings (SSSR count). The van der Waals surface area contributed by atoms with Gasteiger partial charge in [0.25, 0.3) is 5.91 Å². The van der Waals surface area contributed by atoms with Gasteiger partial charge in [0, 0.05) is 26.2 Å². The van der Waals surface area contributed by atoms with Crippen LogP contribution in [0.25, 0.3) is 0 Å². The highest BCUT2D eigenvalue weighted by Gasteiger charge is 2.11. The van der Waals surface area contributed by atoms with Crippen molar-refractivity contribution in [3.63, 3.8) is 0 Å². The van der Waals surface area contributed by atoms with E-state index in [1.165, 1.54) is 6.20 Å². The van der Waals surface area contributed by atoms with E-state index in [0.29, 0.717) is 24.3 Å². The van der Waals surface area contributed by atoms with Gasteiger partial charge < -0.3 is 16.4 Å². The van der Waals surface area contributed by atoms with Crippen LogP contribution in [0.4, 0.5) is 5.82 Å². The molecule has 4 N–H and O–H groups in total. The summed E-state index contributed by atoms with van der Waals surface area (Å²) in [5, 5.41) is 5.76. The summed E-state index contributed by atoms with van der Waals surface area (Å²) in [4.78, 5) is 26.3. The molecule has 0 saturated carbocycles. The Balaban J connectivity index is 2.58. The summed E-state index contributed by atoms with van der Waals surface area (Å²) < 4.78 is 0. The maximum absolute atomic E-state index is 11.8. The number of nitrogens with zero attached hydrogens (tertiary/aromatic N) is 1. The first kappa shape index (κ1) is 14.2. The monoisotopic (exact) mass is 270 g/mol. The van der Waals surface area contributed by atoms with E-state index < -0.39 is 0 Å². The van der Waals surface area contributed by atoms with Gasteiger partial charge in [0.1, 0.15) is 5.82 Å². The number of pyridine rings is 1. The molecule has 0 spiro atoms. The van der Waals surface area contributed by atoms with Gasteiger partial charge in [-0.05, 0) is 12.5 Å². The number of rotatable bonds is 6. The molecule has 98 valence electrons. The van der Waals surface area contributed by atoms with Gasteiger partial charge in [-0.3, -0.25) is 9.59 Å². The van der Waals surface area contributed by atoms with Gasteiger partial charge >= 0.3 is 0 Å². The van der Waals surface area contributed by atoms with Crippen LogP contribution in [0, 0.1) is 0 Å². The Morgan fingerprint density at radius 2 is 2.22 bits per heavy atom. The molecule has 0 aliphatic carbocycles. The van der Waals surface area contributed by atoms with Gasteiger partial charge in [-0.25, -0.2) is 4.98 Å². The van der Waals surface area contributed by atoms with E-state index in [0.717, 1.165) is 0 Å². The minimum atomic E-state index is -0.385. The first-order valence-corrected chi connectivity index (χ1v) is 5.82. The molecule has 6 nitrogen and oxygen atoms in total. The highest BCUT2D eigenvalue weighted by atomic mass is 35.5. The van der Waals surface area contributed by atoms with E-state index in [1.54, 1.807) is 13.1 Å². The van der Waals surface area contributed by atoms with Crippen LogP contribution >= 0.6 is 11.6 Å². The topological polar surface area (TPSA) is 97.1 Å². The first-order valence-electron chi connectivity index (χ1n) is 5.44. The number of carbonyl (C=O) groups is 2. The predicted molar refractivity (Wildman–Crippen MR) is 69.6 cm³/mol. The van der Waals surface area contributed by atoms with E-state index in [2.05, 4.69) is 15.6 Å². The van der Waals surface area contributed by atoms with Crippen molar-refractivity contribution in [3.05, 3.63) is 22.8 Å². The molecule has 7 heteroatoms. The van der Waals surface area contributed by atoms with Gasteiger partial charge in [-0.15, -0.1) is 0 Å². The molecule has 0 radical (unpaired) electrons. The summed E-state index contributed by atoms with van der Waals surface area (Å²) in [7, 11) is 1.70. The molecule has 0 aromatic carbocycles. The summed E-state index contributed by atoms with van der Waals surface area (Å²) in [5.74, 6) is -0.131. The van der Waals surface area contributed by atoms with Crippen molar-refractivity contribution in [1.29, 1.82) is 0 Å². The second-order valence-corrected chi connectivity index (χ2v) is 4.03. The lowest BCUT2D eigenvalue weighted by molar-refractivity contribution is -0.118. The quantitative estimate of drug-likeness (QED) is 0.665. The van der Waals surface area contributed by atoms with Crippen LogP contribution in [-0.2, 0) is 4.79 Å². The molecular formula is C11H15ClN4O2. The molecule has 1 aromatic rings. The molecule has 0 bridgehead atoms. The van der Waals surface area contributed by atoms with Crippen LogP contribution in [0.5, 0.6) is 0 Å². The van der Waals surface area contributed by atoms with Crippen LogP contribution in [0.2, 0.25) is 5.02 Å². The lowest BCUT2D eigenvalue weighted by Crippen LogP contribution is -2.26. The van der Waals surface area contributed by atoms with E-state index in [4.69, 9.17) is 17.3 Å². The van der Waals surface area contributed by atoms with Crippen LogP contribution in [-0.4, -0.2) is 30.4 Å². The van der Waals surface area contributed by atoms with E-state index >= 15 is 0 Å². The number of halogens is 1. The first-order chi connectivity index (χ1) is 8.54. The van der Waals surface area contributed by atoms with E-state index in [-0.39, 0.29) is 23.3 Å². The minimum absolute atomic E-state index is 0.242. The third-order valence-corrected chi connectivity index (χ3v) is 2.54. The van der Waals surface area contributed by atoms with Gasteiger partial charge in [-0.1, -0.05) is 11.6 Å². The van der Waals surface area contributed by atoms with Crippen molar-refractivity contribution >= 4 is 29.2 Å². The van der Waals surface area contributed by atoms with Gasteiger partial charge in [0.05, 0.1) is 10.6 Å². The Hall–Kier alpha value is -1.82. The molecule has 0 unspecified atom stereocenters. The fourth-order valence-corrected chi connectivity index (χ4v) is 1.50. The average molecular weight is 271 g/mol. The number of aromatic nitrogens is 1. The third-order valence-electron chi connectivity index (χ3n) is 2.24. The number of amides is 2. The van der Waals surface area contributed by atoms with Crippen LogP contribution in [0.3, 0.4) is 0 Å². The Labute approximate surface area is 110 Å². The summed E-state index contributed by atoms with van der Waals surface area (Å²) in [6.07, 6.45) is 2.15. The number of hydrogen-bond donors (Lipinski definition) is 3. The van der Waals surface area contributed by atoms with Crippen LogP contribution in [0.15, 0.2) is 12.3 Å². The Morgan fingerprint density at radius 3 is 2.83 bits per heavy atom. The Kier molecular flexibility index (Phi) is 5.38. The van der Waals surface area contributed by atoms with Gasteiger partial charge in [0.15, 0.2) is 0 Å². The molecule has 0 saturated heterocycles. The number of nitrogens with one attached hydrogen (secondary N) is 2. The number of primary amides is 1. The summed E-state index contributed by atoms with van der Waals surface area (Å²) in [6.45, 7) is 0.370. The molecule has 0 aliphatic rings. The number of hydrogen-bond acceptors (Lipinski definition) is 4. The van der Waals surface area contributed by atoms with Crippen LogP contribution < -0.4 is 16.4 Å². The number of nitrogens with two attached hydrogens (primary N) is 1. The Bertz CT molecular complexity index is 451. The van der Waals surface area contributed by atoms with Crippen molar-refractivity contribution in [3.8, 4) is 0 Å². The second-order valence-electron chi connectivity index (χ2n) is 3.63. The maximum Gasteiger partial charge on any atom is 0.252 e. The molecular weight excluding hydrogens is 256 g/mol. The van der Waals surface area contributed by atoms with Crippen LogP contribution in [0.1, 0.15) is 23.2 Å². The van der Waals surface area contributed by atoms with Crippen molar-refractivity contribution in [2.75, 3.05) is 18.9 Å². The van der Waals surface area contributed by atoms with Crippen molar-refractivity contribution in [2.24, 2.45) is 5.73 Å². The third kappa shape index (κ3) is 4.21. The molecule has 0 atom stereocenters. The minimum Gasteiger partial charge on any atom is -0.373 e. The predicted octanol–water partition coefficient (Wildman–Crippen LogP) is 0.772. The zero-order chi connectivity index (χ0) is 13.5. The molecule has 0 aliphatic heterocycles. The van der Waals surface area contributed by atoms with Crippen molar-refractivity contribution < 1.29 is 9.59 Å². The fourth-order valence-electron chi connectivity index (χ4n) is 1.31. The molecule has 2 amide bonds. The zero-order valence-electron chi connectivity index (χ0n) is 10.00. The maximum atomic E-state index is 11.8. The van der Waals surface area contributed by atoms with E-state index in [9.17, 15) is 9.59 Å². The lowest BCUT2D eigenvalue weighted by atomic mass is 10.2. The van der Waals surface area contributed by atoms with Gasteiger partial charge in [-0.2, -0.15) is 0 Å². The summed E-state index contributed by atoms with van der Waals surface area (Å²) in [5.41, 5.74) is 5.34. The number of anilines is 1. The molecule has 1 heterocycles. The SMILES string of the molecule is CNc1cc(C(=O)NCCCC(N)=O)c(Cl)cn1. The summed E-state index contributed by atoms with van der Waals surface area (Å²) >= 11 is 5.89. The molecule has 18 heavy (non-hydrogen) atoms. The fraction of sp³-hybridized carbons (Fsp3) is 0.364. The normalized spacial score (nSPS) is 9.89. The zero-order valence-corrected chi connectivity index (χ0v) is 10.8. The highest BCUT2D eigenvalue weighted by Crippen LogP contribution is 2.17. The van der Waals surface area contributed by atoms with Crippen molar-refractivity contribution in [2.45, 2.75) is 12.8 Å². The standard InChI is InChI=1S/C11H15ClN4O2/c1-14-10-5-7(8(12)6-16-10)11(18)15-4-2-3-9(13)17/h5-6H,2-4H2,1H3,(H2,13,17)(H,14,16)(H,15,18). The average Bonchev–Trinajstić information content (AvgIpc) is 2.34. The largest absolute Gasteiger partial charge is 0.373 e. The lowest BCUT2D eigenvalue weighted by Gasteiger charge is -2.07. The number of carbonyl (C=O) groups excluding carboxylic acids is 2.